The highest BCUT2D eigenvalue weighted by Gasteiger charge is 2.26. The first-order chi connectivity index (χ1) is 23.8. The molecular weight excluding hydrogens is 587 g/mol. The predicted octanol–water partition coefficient (Wildman–Crippen LogP) is 10.6. The fourth-order valence-corrected chi connectivity index (χ4v) is 7.95. The van der Waals surface area contributed by atoms with Crippen molar-refractivity contribution in [2.75, 3.05) is 0 Å². The van der Waals surface area contributed by atoms with Crippen LogP contribution in [0.25, 0.3) is 98.8 Å². The molecule has 48 heavy (non-hydrogen) atoms. The Balaban J connectivity index is 1.41. The lowest BCUT2D eigenvalue weighted by Crippen LogP contribution is -2.04. The smallest absolute Gasteiger partial charge is 0.165 e. The number of nitriles is 1. The molecule has 0 saturated carbocycles. The Morgan fingerprint density at radius 2 is 1.12 bits per heavy atom. The van der Waals surface area contributed by atoms with E-state index in [2.05, 4.69) is 106 Å². The van der Waals surface area contributed by atoms with Crippen molar-refractivity contribution in [1.82, 2.24) is 18.9 Å². The second-order valence-corrected chi connectivity index (χ2v) is 12.5. The average Bonchev–Trinajstić information content (AvgIpc) is 3.77. The fourth-order valence-electron chi connectivity index (χ4n) is 7.95. The van der Waals surface area contributed by atoms with E-state index in [-0.39, 0.29) is 0 Å². The minimum absolute atomic E-state index is 0.609. The Hall–Kier alpha value is -6.77. The van der Waals surface area contributed by atoms with Crippen molar-refractivity contribution in [2.45, 2.75) is 0 Å². The van der Waals surface area contributed by atoms with Gasteiger partial charge in [-0.15, -0.1) is 0 Å². The average molecular weight is 610 g/mol. The van der Waals surface area contributed by atoms with Crippen LogP contribution in [0.15, 0.2) is 140 Å². The van der Waals surface area contributed by atoms with E-state index in [4.69, 9.17) is 9.97 Å². The van der Waals surface area contributed by atoms with Crippen LogP contribution < -0.4 is 0 Å². The van der Waals surface area contributed by atoms with Crippen LogP contribution in [0.3, 0.4) is 0 Å². The minimum Gasteiger partial charge on any atom is -0.308 e. The Morgan fingerprint density at radius 3 is 1.90 bits per heavy atom. The van der Waals surface area contributed by atoms with Crippen molar-refractivity contribution in [3.05, 3.63) is 145 Å². The monoisotopic (exact) mass is 609 g/mol. The van der Waals surface area contributed by atoms with Crippen LogP contribution in [0.2, 0.25) is 0 Å². The zero-order chi connectivity index (χ0) is 31.5. The summed E-state index contributed by atoms with van der Waals surface area (Å²) >= 11 is 0. The number of hydrogen-bond acceptors (Lipinski definition) is 3. The summed E-state index contributed by atoms with van der Waals surface area (Å²) in [5.74, 6) is 0.761. The van der Waals surface area contributed by atoms with Crippen molar-refractivity contribution in [2.24, 2.45) is 0 Å². The van der Waals surface area contributed by atoms with Crippen LogP contribution in [-0.4, -0.2) is 18.9 Å². The van der Waals surface area contributed by atoms with Gasteiger partial charge in [0.25, 0.3) is 0 Å². The van der Waals surface area contributed by atoms with E-state index in [9.17, 15) is 5.26 Å². The minimum atomic E-state index is 0.609. The zero-order valence-electron chi connectivity index (χ0n) is 25.5. The van der Waals surface area contributed by atoms with E-state index in [1.54, 1.807) is 0 Å². The number of hydrogen-bond donors (Lipinski definition) is 0. The van der Waals surface area contributed by atoms with Crippen LogP contribution in [-0.2, 0) is 0 Å². The summed E-state index contributed by atoms with van der Waals surface area (Å²) in [6.07, 6.45) is 0. The SMILES string of the molecule is N#Cc1ccc(-c2nc3ccccc3nc2-n2c3ccccc3c3cc4c5ccccc5n5c6cc7ccccc7cc6c(c32)c45)cc1. The van der Waals surface area contributed by atoms with Crippen LogP contribution in [0.5, 0.6) is 0 Å². The van der Waals surface area contributed by atoms with E-state index in [0.29, 0.717) is 5.56 Å². The molecule has 0 N–H and O–H groups in total. The van der Waals surface area contributed by atoms with Crippen LogP contribution >= 0.6 is 0 Å². The molecule has 0 radical (unpaired) electrons. The summed E-state index contributed by atoms with van der Waals surface area (Å²) in [6, 6.07) is 51.0. The van der Waals surface area contributed by atoms with Gasteiger partial charge in [-0.2, -0.15) is 5.26 Å². The third-order valence-corrected chi connectivity index (χ3v) is 10.0. The topological polar surface area (TPSA) is 58.9 Å². The normalized spacial score (nSPS) is 12.1. The Bertz CT molecular complexity index is 3170. The van der Waals surface area contributed by atoms with E-state index < -0.39 is 0 Å². The lowest BCUT2D eigenvalue weighted by molar-refractivity contribution is 1.08. The van der Waals surface area contributed by atoms with Gasteiger partial charge < -0.3 is 4.40 Å². The predicted molar refractivity (Wildman–Crippen MR) is 196 cm³/mol. The Morgan fingerprint density at radius 1 is 0.500 bits per heavy atom. The summed E-state index contributed by atoms with van der Waals surface area (Å²) in [6.45, 7) is 0. The number of para-hydroxylation sites is 4. The van der Waals surface area contributed by atoms with Crippen molar-refractivity contribution in [1.29, 1.82) is 5.26 Å². The van der Waals surface area contributed by atoms with Crippen molar-refractivity contribution >= 4 is 81.7 Å². The highest BCUT2D eigenvalue weighted by Crippen LogP contribution is 2.47. The molecule has 4 aromatic heterocycles. The molecule has 0 unspecified atom stereocenters. The fraction of sp³-hybridized carbons (Fsp3) is 0. The maximum Gasteiger partial charge on any atom is 0.165 e. The highest BCUT2D eigenvalue weighted by molar-refractivity contribution is 6.35. The van der Waals surface area contributed by atoms with Gasteiger partial charge in [-0.1, -0.05) is 84.9 Å². The van der Waals surface area contributed by atoms with E-state index in [1.165, 1.54) is 54.3 Å². The number of nitrogens with zero attached hydrogens (tertiary/aromatic N) is 5. The number of benzene rings is 7. The van der Waals surface area contributed by atoms with Gasteiger partial charge in [-0.3, -0.25) is 4.57 Å². The third-order valence-electron chi connectivity index (χ3n) is 10.0. The second kappa shape index (κ2) is 9.16. The van der Waals surface area contributed by atoms with Crippen molar-refractivity contribution in [3.63, 3.8) is 0 Å². The molecule has 0 saturated heterocycles. The molecule has 5 nitrogen and oxygen atoms in total. The van der Waals surface area contributed by atoms with Gasteiger partial charge in [0.1, 0.15) is 5.69 Å². The summed E-state index contributed by atoms with van der Waals surface area (Å²) < 4.78 is 4.79. The van der Waals surface area contributed by atoms with Crippen LogP contribution in [0.1, 0.15) is 5.56 Å². The summed E-state index contributed by atoms with van der Waals surface area (Å²) in [7, 11) is 0. The van der Waals surface area contributed by atoms with Gasteiger partial charge >= 0.3 is 0 Å². The largest absolute Gasteiger partial charge is 0.308 e. The van der Waals surface area contributed by atoms with Crippen molar-refractivity contribution in [3.8, 4) is 23.1 Å². The lowest BCUT2D eigenvalue weighted by atomic mass is 10.0. The summed E-state index contributed by atoms with van der Waals surface area (Å²) in [5, 5.41) is 19.2. The maximum atomic E-state index is 9.55. The zero-order valence-corrected chi connectivity index (χ0v) is 25.5. The molecule has 11 rings (SSSR count). The van der Waals surface area contributed by atoms with E-state index in [0.717, 1.165) is 44.5 Å². The molecule has 0 aliphatic rings. The first kappa shape index (κ1) is 25.4. The molecule has 220 valence electrons. The molecule has 0 spiro atoms. The van der Waals surface area contributed by atoms with Gasteiger partial charge in [0, 0.05) is 37.9 Å². The van der Waals surface area contributed by atoms with Gasteiger partial charge in [-0.25, -0.2) is 9.97 Å². The molecule has 7 aromatic carbocycles. The van der Waals surface area contributed by atoms with E-state index >= 15 is 0 Å². The number of rotatable bonds is 2. The first-order valence-corrected chi connectivity index (χ1v) is 16.1. The molecule has 0 atom stereocenters. The number of fused-ring (bicyclic) bond motifs is 12. The molecule has 0 amide bonds. The molecule has 4 heterocycles. The molecule has 0 bridgehead atoms. The van der Waals surface area contributed by atoms with Gasteiger partial charge in [-0.05, 0) is 65.4 Å². The van der Waals surface area contributed by atoms with Crippen molar-refractivity contribution < 1.29 is 0 Å². The van der Waals surface area contributed by atoms with Gasteiger partial charge in [0.05, 0.1) is 50.2 Å². The molecule has 0 aliphatic carbocycles. The number of aromatic nitrogens is 4. The standard InChI is InChI=1S/C43H23N5/c44-24-25-17-19-26(20-18-25)40-43(46-35-14-6-5-13-34(35)45-40)48-37-16-8-4-12-30(37)32-23-31-29-11-3-7-15-36(29)47-38-22-28-10-2-1-9-27(28)21-33(38)39(41(31)47)42(32)48/h1-23H. The second-order valence-electron chi connectivity index (χ2n) is 12.5. The third kappa shape index (κ3) is 3.23. The van der Waals surface area contributed by atoms with Gasteiger partial charge in [0.2, 0.25) is 0 Å². The lowest BCUT2D eigenvalue weighted by Gasteiger charge is -2.14. The Labute approximate surface area is 273 Å². The molecule has 0 aliphatic heterocycles. The molecular formula is C43H23N5. The molecule has 11 aromatic rings. The first-order valence-electron chi connectivity index (χ1n) is 16.1. The van der Waals surface area contributed by atoms with Gasteiger partial charge in [0.15, 0.2) is 5.82 Å². The molecule has 5 heteroatoms. The molecule has 0 fully saturated rings. The highest BCUT2D eigenvalue weighted by atomic mass is 15.1. The summed E-state index contributed by atoms with van der Waals surface area (Å²) in [4.78, 5) is 10.6. The Kier molecular flexibility index (Phi) is 4.85. The van der Waals surface area contributed by atoms with Crippen LogP contribution in [0.4, 0.5) is 0 Å². The maximum absolute atomic E-state index is 9.55. The quantitative estimate of drug-likeness (QED) is 0.196. The summed E-state index contributed by atoms with van der Waals surface area (Å²) in [5.41, 5.74) is 9.73. The van der Waals surface area contributed by atoms with E-state index in [1.807, 2.05) is 48.5 Å². The van der Waals surface area contributed by atoms with Crippen LogP contribution in [0, 0.1) is 11.3 Å².